The lowest BCUT2D eigenvalue weighted by Gasteiger charge is -2.08. The molecule has 3 N–H and O–H groups in total. The second-order valence-electron chi connectivity index (χ2n) is 2.96. The lowest BCUT2D eigenvalue weighted by Crippen LogP contribution is -2.23. The first-order valence-corrected chi connectivity index (χ1v) is 4.13. The standard InChI is InChI=1S/C9H11N3O2/c1-6-5-7(13)12(4-2-3-10)9(14)8(6)11/h5,13H,2,4,11H2,1H3. The molecule has 1 aromatic rings. The number of hydrogen-bond donors (Lipinski definition) is 2. The average molecular weight is 193 g/mol. The summed E-state index contributed by atoms with van der Waals surface area (Å²) in [6.07, 6.45) is 0.163. The predicted molar refractivity (Wildman–Crippen MR) is 51.7 cm³/mol. The molecule has 14 heavy (non-hydrogen) atoms. The Morgan fingerprint density at radius 2 is 2.36 bits per heavy atom. The van der Waals surface area contributed by atoms with Crippen molar-refractivity contribution in [2.75, 3.05) is 5.73 Å². The van der Waals surface area contributed by atoms with Crippen LogP contribution in [0.2, 0.25) is 0 Å². The lowest BCUT2D eigenvalue weighted by atomic mass is 10.2. The zero-order valence-electron chi connectivity index (χ0n) is 7.82. The van der Waals surface area contributed by atoms with Gasteiger partial charge in [-0.2, -0.15) is 5.26 Å². The number of pyridine rings is 1. The van der Waals surface area contributed by atoms with E-state index in [4.69, 9.17) is 11.0 Å². The van der Waals surface area contributed by atoms with Crippen LogP contribution in [0.25, 0.3) is 0 Å². The molecule has 0 spiro atoms. The van der Waals surface area contributed by atoms with E-state index in [0.29, 0.717) is 5.56 Å². The minimum atomic E-state index is -0.447. The summed E-state index contributed by atoms with van der Waals surface area (Å²) in [5.74, 6) is -0.156. The summed E-state index contributed by atoms with van der Waals surface area (Å²) in [6, 6.07) is 3.30. The Bertz CT molecular complexity index is 443. The topological polar surface area (TPSA) is 92.0 Å². The number of nitrogens with zero attached hydrogens (tertiary/aromatic N) is 2. The van der Waals surface area contributed by atoms with E-state index in [9.17, 15) is 9.90 Å². The van der Waals surface area contributed by atoms with Gasteiger partial charge in [0.25, 0.3) is 5.56 Å². The molecule has 1 heterocycles. The Morgan fingerprint density at radius 3 is 2.93 bits per heavy atom. The van der Waals surface area contributed by atoms with Crippen molar-refractivity contribution in [2.24, 2.45) is 0 Å². The first kappa shape index (κ1) is 10.1. The fourth-order valence-electron chi connectivity index (χ4n) is 1.15. The molecule has 0 saturated heterocycles. The number of rotatable bonds is 2. The Balaban J connectivity index is 3.24. The molecule has 0 radical (unpaired) electrons. The monoisotopic (exact) mass is 193 g/mol. The molecule has 0 aliphatic heterocycles. The molecule has 74 valence electrons. The molecule has 0 aromatic carbocycles. The van der Waals surface area contributed by atoms with E-state index < -0.39 is 5.56 Å². The highest BCUT2D eigenvalue weighted by Crippen LogP contribution is 2.13. The highest BCUT2D eigenvalue weighted by molar-refractivity contribution is 5.45. The van der Waals surface area contributed by atoms with E-state index in [0.717, 1.165) is 4.57 Å². The molecule has 0 bridgehead atoms. The van der Waals surface area contributed by atoms with Crippen LogP contribution in [0.4, 0.5) is 5.69 Å². The SMILES string of the molecule is Cc1cc(O)n(CCC#N)c(=O)c1N. The van der Waals surface area contributed by atoms with Crippen molar-refractivity contribution in [1.29, 1.82) is 5.26 Å². The summed E-state index contributed by atoms with van der Waals surface area (Å²) < 4.78 is 1.09. The van der Waals surface area contributed by atoms with Crippen molar-refractivity contribution in [3.8, 4) is 11.9 Å². The van der Waals surface area contributed by atoms with Gasteiger partial charge in [-0.1, -0.05) is 0 Å². The van der Waals surface area contributed by atoms with Crippen LogP contribution >= 0.6 is 0 Å². The number of aryl methyl sites for hydroxylation is 1. The number of nitrogens with two attached hydrogens (primary N) is 1. The second-order valence-corrected chi connectivity index (χ2v) is 2.96. The van der Waals surface area contributed by atoms with Crippen LogP contribution in [0.1, 0.15) is 12.0 Å². The van der Waals surface area contributed by atoms with Crippen LogP contribution in [0.3, 0.4) is 0 Å². The van der Waals surface area contributed by atoms with Gasteiger partial charge in [-0.15, -0.1) is 0 Å². The van der Waals surface area contributed by atoms with E-state index in [2.05, 4.69) is 0 Å². The largest absolute Gasteiger partial charge is 0.494 e. The summed E-state index contributed by atoms with van der Waals surface area (Å²) in [6.45, 7) is 1.80. The predicted octanol–water partition coefficient (Wildman–Crippen LogP) is 0.358. The molecule has 5 heteroatoms. The van der Waals surface area contributed by atoms with Gasteiger partial charge in [-0.25, -0.2) is 0 Å². The lowest BCUT2D eigenvalue weighted by molar-refractivity contribution is 0.407. The molecule has 0 saturated carbocycles. The molecule has 5 nitrogen and oxygen atoms in total. The first-order chi connectivity index (χ1) is 6.57. The Hall–Kier alpha value is -1.96. The summed E-state index contributed by atoms with van der Waals surface area (Å²) >= 11 is 0. The van der Waals surface area contributed by atoms with Gasteiger partial charge in [-0.3, -0.25) is 9.36 Å². The zero-order valence-corrected chi connectivity index (χ0v) is 7.82. The molecular formula is C9H11N3O2. The zero-order chi connectivity index (χ0) is 10.7. The van der Waals surface area contributed by atoms with Gasteiger partial charge in [0.1, 0.15) is 5.69 Å². The summed E-state index contributed by atoms with van der Waals surface area (Å²) in [4.78, 5) is 11.5. The number of aromatic hydroxyl groups is 1. The summed E-state index contributed by atoms with van der Waals surface area (Å²) in [7, 11) is 0. The van der Waals surface area contributed by atoms with Gasteiger partial charge in [0.2, 0.25) is 0 Å². The maximum atomic E-state index is 11.5. The van der Waals surface area contributed by atoms with Crippen molar-refractivity contribution < 1.29 is 5.11 Å². The van der Waals surface area contributed by atoms with Crippen molar-refractivity contribution in [2.45, 2.75) is 19.9 Å². The minimum Gasteiger partial charge on any atom is -0.494 e. The van der Waals surface area contributed by atoms with E-state index in [1.807, 2.05) is 6.07 Å². The van der Waals surface area contributed by atoms with Crippen molar-refractivity contribution in [3.63, 3.8) is 0 Å². The highest BCUT2D eigenvalue weighted by atomic mass is 16.3. The van der Waals surface area contributed by atoms with Crippen molar-refractivity contribution in [1.82, 2.24) is 4.57 Å². The van der Waals surface area contributed by atoms with Crippen molar-refractivity contribution in [3.05, 3.63) is 22.0 Å². The minimum absolute atomic E-state index is 0.112. The Morgan fingerprint density at radius 1 is 1.71 bits per heavy atom. The van der Waals surface area contributed by atoms with Gasteiger partial charge in [0.15, 0.2) is 5.88 Å². The van der Waals surface area contributed by atoms with Crippen LogP contribution in [-0.4, -0.2) is 9.67 Å². The first-order valence-electron chi connectivity index (χ1n) is 4.13. The average Bonchev–Trinajstić information content (AvgIpc) is 2.14. The maximum Gasteiger partial charge on any atom is 0.276 e. The normalized spacial score (nSPS) is 9.71. The molecule has 1 aromatic heterocycles. The molecule has 0 atom stereocenters. The third-order valence-electron chi connectivity index (χ3n) is 1.97. The van der Waals surface area contributed by atoms with Gasteiger partial charge in [0.05, 0.1) is 12.5 Å². The Labute approximate surface area is 81.0 Å². The van der Waals surface area contributed by atoms with Crippen LogP contribution < -0.4 is 11.3 Å². The Kier molecular flexibility index (Phi) is 2.77. The molecule has 0 unspecified atom stereocenters. The number of hydrogen-bond acceptors (Lipinski definition) is 4. The summed E-state index contributed by atoms with van der Waals surface area (Å²) in [5.41, 5.74) is 5.70. The molecule has 0 aliphatic carbocycles. The molecule has 0 aliphatic rings. The van der Waals surface area contributed by atoms with Crippen LogP contribution in [0.5, 0.6) is 5.88 Å². The quantitative estimate of drug-likeness (QED) is 0.709. The van der Waals surface area contributed by atoms with Crippen LogP contribution in [0.15, 0.2) is 10.9 Å². The van der Waals surface area contributed by atoms with E-state index in [1.54, 1.807) is 6.92 Å². The smallest absolute Gasteiger partial charge is 0.276 e. The molecular weight excluding hydrogens is 182 g/mol. The fourth-order valence-corrected chi connectivity index (χ4v) is 1.15. The molecule has 0 fully saturated rings. The second kappa shape index (κ2) is 3.83. The van der Waals surface area contributed by atoms with Gasteiger partial charge < -0.3 is 10.8 Å². The molecule has 1 rings (SSSR count). The van der Waals surface area contributed by atoms with Crippen LogP contribution in [0, 0.1) is 18.3 Å². The van der Waals surface area contributed by atoms with E-state index >= 15 is 0 Å². The van der Waals surface area contributed by atoms with E-state index in [-0.39, 0.29) is 24.5 Å². The van der Waals surface area contributed by atoms with E-state index in [1.165, 1.54) is 6.07 Å². The third-order valence-corrected chi connectivity index (χ3v) is 1.97. The van der Waals surface area contributed by atoms with Gasteiger partial charge in [-0.05, 0) is 12.5 Å². The summed E-state index contributed by atoms with van der Waals surface area (Å²) in [5, 5.41) is 17.8. The van der Waals surface area contributed by atoms with Crippen molar-refractivity contribution >= 4 is 5.69 Å². The molecule has 0 amide bonds. The number of nitrogen functional groups attached to an aromatic ring is 1. The van der Waals surface area contributed by atoms with Crippen LogP contribution in [-0.2, 0) is 6.54 Å². The van der Waals surface area contributed by atoms with Gasteiger partial charge in [0, 0.05) is 12.6 Å². The van der Waals surface area contributed by atoms with Gasteiger partial charge >= 0.3 is 0 Å². The number of anilines is 1. The fraction of sp³-hybridized carbons (Fsp3) is 0.333. The third kappa shape index (κ3) is 1.69. The number of aromatic nitrogens is 1. The maximum absolute atomic E-state index is 11.5. The highest BCUT2D eigenvalue weighted by Gasteiger charge is 2.08. The number of nitriles is 1.